The van der Waals surface area contributed by atoms with E-state index >= 15 is 0 Å². The highest BCUT2D eigenvalue weighted by atomic mass is 35.5. The van der Waals surface area contributed by atoms with Crippen molar-refractivity contribution in [2.45, 2.75) is 13.8 Å². The smallest absolute Gasteiger partial charge is 0.303 e. The molecule has 0 aliphatic heterocycles. The van der Waals surface area contributed by atoms with Gasteiger partial charge in [0.15, 0.2) is 0 Å². The minimum atomic E-state index is -4.64. The van der Waals surface area contributed by atoms with Crippen molar-refractivity contribution in [3.63, 3.8) is 0 Å². The van der Waals surface area contributed by atoms with Gasteiger partial charge < -0.3 is 14.7 Å². The molecule has 0 spiro atoms. The summed E-state index contributed by atoms with van der Waals surface area (Å²) in [5, 5.41) is 0. The standard InChI is InChI=1S/C4H6Cl2.H3O4P/c1-3(2)4(5)6;1-5(2,3)4/h1-2H3;(H3,1,2,3,4). The lowest BCUT2D eigenvalue weighted by Gasteiger charge is -1.82. The van der Waals surface area contributed by atoms with Crippen molar-refractivity contribution in [3.8, 4) is 0 Å². The number of allylic oxidation sites excluding steroid dienone is 1. The number of halogens is 2. The van der Waals surface area contributed by atoms with Gasteiger partial charge in [0.25, 0.3) is 0 Å². The number of phosphoric acid groups is 1. The van der Waals surface area contributed by atoms with Gasteiger partial charge in [-0.15, -0.1) is 0 Å². The Hall–Kier alpha value is 0.430. The summed E-state index contributed by atoms with van der Waals surface area (Å²) in [6, 6.07) is 0. The summed E-state index contributed by atoms with van der Waals surface area (Å²) in [6.07, 6.45) is 0. The molecule has 68 valence electrons. The van der Waals surface area contributed by atoms with Gasteiger partial charge in [-0.3, -0.25) is 0 Å². The molecule has 0 unspecified atom stereocenters. The quantitative estimate of drug-likeness (QED) is 0.547. The van der Waals surface area contributed by atoms with Gasteiger partial charge in [-0.25, -0.2) is 4.57 Å². The van der Waals surface area contributed by atoms with Crippen molar-refractivity contribution in [2.75, 3.05) is 0 Å². The first-order valence-electron chi connectivity index (χ1n) is 2.41. The van der Waals surface area contributed by atoms with Crippen LogP contribution in [0, 0.1) is 0 Å². The molecule has 0 atom stereocenters. The Kier molecular flexibility index (Phi) is 7.63. The summed E-state index contributed by atoms with van der Waals surface area (Å²) in [6.45, 7) is 3.71. The fraction of sp³-hybridized carbons (Fsp3) is 0.500. The van der Waals surface area contributed by atoms with Crippen LogP contribution >= 0.6 is 31.0 Å². The van der Waals surface area contributed by atoms with Crippen LogP contribution < -0.4 is 0 Å². The van der Waals surface area contributed by atoms with Crippen LogP contribution in [0.4, 0.5) is 0 Å². The second-order valence-electron chi connectivity index (χ2n) is 1.77. The highest BCUT2D eigenvalue weighted by Gasteiger charge is 2.00. The fourth-order valence-corrected chi connectivity index (χ4v) is 0. The Bertz CT molecular complexity index is 158. The SMILES string of the molecule is CC(C)=C(Cl)Cl.O=P(O)(O)O. The molecule has 0 amide bonds. The van der Waals surface area contributed by atoms with Gasteiger partial charge in [0.1, 0.15) is 4.49 Å². The molecule has 0 radical (unpaired) electrons. The average Bonchev–Trinajstić information content (AvgIpc) is 1.59. The molecule has 0 aromatic carbocycles. The lowest BCUT2D eigenvalue weighted by Crippen LogP contribution is -1.66. The first-order chi connectivity index (χ1) is 4.64. The highest BCUT2D eigenvalue weighted by Crippen LogP contribution is 2.25. The Balaban J connectivity index is 0. The van der Waals surface area contributed by atoms with E-state index in [0.29, 0.717) is 4.49 Å². The first-order valence-corrected chi connectivity index (χ1v) is 4.73. The van der Waals surface area contributed by atoms with Gasteiger partial charge in [-0.05, 0) is 19.4 Å². The zero-order chi connectivity index (χ0) is 9.65. The number of rotatable bonds is 0. The van der Waals surface area contributed by atoms with Crippen LogP contribution in [0.5, 0.6) is 0 Å². The van der Waals surface area contributed by atoms with E-state index < -0.39 is 7.82 Å². The van der Waals surface area contributed by atoms with Crippen molar-refractivity contribution >= 4 is 31.0 Å². The Labute approximate surface area is 74.7 Å². The van der Waals surface area contributed by atoms with Crippen LogP contribution in [0.1, 0.15) is 13.8 Å². The third-order valence-electron chi connectivity index (χ3n) is 0.378. The predicted octanol–water partition coefficient (Wildman–Crippen LogP) is 1.79. The average molecular weight is 223 g/mol. The van der Waals surface area contributed by atoms with Gasteiger partial charge in [-0.2, -0.15) is 0 Å². The topological polar surface area (TPSA) is 77.8 Å². The summed E-state index contributed by atoms with van der Waals surface area (Å²) in [5.41, 5.74) is 0.957. The zero-order valence-corrected chi connectivity index (χ0v) is 8.36. The molecule has 7 heteroatoms. The van der Waals surface area contributed by atoms with Gasteiger partial charge in [0.05, 0.1) is 0 Å². The lowest BCUT2D eigenvalue weighted by molar-refractivity contribution is 0.275. The van der Waals surface area contributed by atoms with Crippen LogP contribution in [0.25, 0.3) is 0 Å². The lowest BCUT2D eigenvalue weighted by atomic mass is 10.4. The van der Waals surface area contributed by atoms with Crippen molar-refractivity contribution in [1.82, 2.24) is 0 Å². The van der Waals surface area contributed by atoms with Crippen LogP contribution in [0.15, 0.2) is 10.1 Å². The van der Waals surface area contributed by atoms with Crippen LogP contribution in [-0.4, -0.2) is 14.7 Å². The molecule has 0 saturated carbocycles. The molecule has 0 bridgehead atoms. The van der Waals surface area contributed by atoms with Gasteiger partial charge in [0, 0.05) is 0 Å². The molecule has 4 nitrogen and oxygen atoms in total. The molecule has 3 N–H and O–H groups in total. The maximum Gasteiger partial charge on any atom is 0.466 e. The highest BCUT2D eigenvalue weighted by molar-refractivity contribution is 7.45. The van der Waals surface area contributed by atoms with E-state index in [-0.39, 0.29) is 0 Å². The van der Waals surface area contributed by atoms with Gasteiger partial charge in [-0.1, -0.05) is 23.2 Å². The fourth-order valence-electron chi connectivity index (χ4n) is 0. The molecule has 11 heavy (non-hydrogen) atoms. The van der Waals surface area contributed by atoms with Gasteiger partial charge in [0.2, 0.25) is 0 Å². The second kappa shape index (κ2) is 6.00. The molecule has 0 heterocycles. The van der Waals surface area contributed by atoms with Crippen molar-refractivity contribution in [1.29, 1.82) is 0 Å². The third kappa shape index (κ3) is 37.8. The molecular formula is C4H9Cl2O4P. The maximum atomic E-state index is 8.88. The summed E-state index contributed by atoms with van der Waals surface area (Å²) >= 11 is 10.5. The Morgan fingerprint density at radius 1 is 1.18 bits per heavy atom. The Morgan fingerprint density at radius 2 is 1.27 bits per heavy atom. The molecule has 0 fully saturated rings. The summed E-state index contributed by atoms with van der Waals surface area (Å²) in [5.74, 6) is 0. The zero-order valence-electron chi connectivity index (χ0n) is 5.95. The molecule has 0 aromatic rings. The van der Waals surface area contributed by atoms with Crippen molar-refractivity contribution in [3.05, 3.63) is 10.1 Å². The van der Waals surface area contributed by atoms with E-state index in [0.717, 1.165) is 5.57 Å². The Morgan fingerprint density at radius 3 is 1.27 bits per heavy atom. The third-order valence-corrected chi connectivity index (χ3v) is 1.13. The normalized spacial score (nSPS) is 9.73. The van der Waals surface area contributed by atoms with Crippen molar-refractivity contribution in [2.24, 2.45) is 0 Å². The minimum absolute atomic E-state index is 0.370. The van der Waals surface area contributed by atoms with Crippen LogP contribution in [-0.2, 0) is 4.57 Å². The second-order valence-corrected chi connectivity index (χ2v) is 3.75. The van der Waals surface area contributed by atoms with E-state index in [1.54, 1.807) is 0 Å². The monoisotopic (exact) mass is 222 g/mol. The number of hydrogen-bond donors (Lipinski definition) is 3. The summed E-state index contributed by atoms with van der Waals surface area (Å²) in [7, 11) is -4.64. The van der Waals surface area contributed by atoms with E-state index in [1.807, 2.05) is 13.8 Å². The molecule has 0 aromatic heterocycles. The van der Waals surface area contributed by atoms with E-state index in [1.165, 1.54) is 0 Å². The van der Waals surface area contributed by atoms with Crippen LogP contribution in [0.3, 0.4) is 0 Å². The van der Waals surface area contributed by atoms with Gasteiger partial charge >= 0.3 is 7.82 Å². The maximum absolute atomic E-state index is 8.88. The summed E-state index contributed by atoms with van der Waals surface area (Å²) < 4.78 is 9.25. The first kappa shape index (κ1) is 14.0. The molecule has 0 saturated heterocycles. The number of hydrogen-bond acceptors (Lipinski definition) is 1. The van der Waals surface area contributed by atoms with E-state index in [2.05, 4.69) is 0 Å². The largest absolute Gasteiger partial charge is 0.466 e. The van der Waals surface area contributed by atoms with Crippen LogP contribution in [0.2, 0.25) is 0 Å². The predicted molar refractivity (Wildman–Crippen MR) is 44.3 cm³/mol. The van der Waals surface area contributed by atoms with E-state index in [9.17, 15) is 0 Å². The molecule has 0 aliphatic rings. The van der Waals surface area contributed by atoms with Crippen molar-refractivity contribution < 1.29 is 19.2 Å². The summed E-state index contributed by atoms with van der Waals surface area (Å²) in [4.78, 5) is 21.6. The minimum Gasteiger partial charge on any atom is -0.303 e. The molecular weight excluding hydrogens is 214 g/mol. The molecule has 0 aliphatic carbocycles. The molecule has 0 rings (SSSR count). The van der Waals surface area contributed by atoms with E-state index in [4.69, 9.17) is 42.4 Å².